The van der Waals surface area contributed by atoms with Gasteiger partial charge in [-0.1, -0.05) is 6.42 Å². The minimum atomic E-state index is -0.319. The molecule has 0 spiro atoms. The molecule has 2 atom stereocenters. The van der Waals surface area contributed by atoms with Crippen LogP contribution >= 0.6 is 0 Å². The summed E-state index contributed by atoms with van der Waals surface area (Å²) < 4.78 is 1.51. The molecule has 4 aliphatic rings. The van der Waals surface area contributed by atoms with Gasteiger partial charge in [0.1, 0.15) is 6.54 Å². The van der Waals surface area contributed by atoms with Crippen LogP contribution < -0.4 is 5.69 Å². The Hall–Kier alpha value is -1.69. The van der Waals surface area contributed by atoms with Gasteiger partial charge in [0, 0.05) is 43.6 Å². The minimum Gasteiger partial charge on any atom is -0.339 e. The molecule has 26 heavy (non-hydrogen) atoms. The average molecular weight is 358 g/mol. The molecule has 4 heterocycles. The van der Waals surface area contributed by atoms with Crippen molar-refractivity contribution in [1.82, 2.24) is 19.4 Å². The molecule has 0 N–H and O–H groups in total. The van der Waals surface area contributed by atoms with Gasteiger partial charge in [0.15, 0.2) is 0 Å². The molecule has 1 saturated carbocycles. The van der Waals surface area contributed by atoms with E-state index in [0.29, 0.717) is 17.7 Å². The number of amides is 1. The number of hydrogen-bond donors (Lipinski definition) is 0. The quantitative estimate of drug-likeness (QED) is 0.820. The van der Waals surface area contributed by atoms with E-state index in [1.165, 1.54) is 43.2 Å². The maximum Gasteiger partial charge on any atom is 0.348 e. The Morgan fingerprint density at radius 3 is 2.65 bits per heavy atom. The van der Waals surface area contributed by atoms with E-state index in [4.69, 9.17) is 0 Å². The van der Waals surface area contributed by atoms with Crippen molar-refractivity contribution in [3.8, 4) is 0 Å². The van der Waals surface area contributed by atoms with Gasteiger partial charge in [0.25, 0.3) is 0 Å². The van der Waals surface area contributed by atoms with Crippen LogP contribution in [0.4, 0.5) is 0 Å². The molecule has 5 rings (SSSR count). The summed E-state index contributed by atoms with van der Waals surface area (Å²) >= 11 is 0. The van der Waals surface area contributed by atoms with Crippen LogP contribution in [0.25, 0.3) is 0 Å². The standard InChI is InChI=1S/C20H30N4O2/c1-14-8-15(2)24(20(26)21-14)13-19(25)23-11-17-6-7-18(12-23)22(10-17)9-16-4-3-5-16/h8,16-18H,3-7,9-13H2,1-2H3/t17-,18-/m1/s1. The van der Waals surface area contributed by atoms with E-state index >= 15 is 0 Å². The van der Waals surface area contributed by atoms with Crippen molar-refractivity contribution in [3.05, 3.63) is 27.9 Å². The number of nitrogens with zero attached hydrogens (tertiary/aromatic N) is 4. The van der Waals surface area contributed by atoms with Crippen molar-refractivity contribution in [2.75, 3.05) is 26.2 Å². The van der Waals surface area contributed by atoms with E-state index in [0.717, 1.165) is 31.2 Å². The first-order chi connectivity index (χ1) is 12.5. The third-order valence-electron chi connectivity index (χ3n) is 6.54. The highest BCUT2D eigenvalue weighted by atomic mass is 16.2. The number of piperidine rings is 1. The smallest absolute Gasteiger partial charge is 0.339 e. The Morgan fingerprint density at radius 1 is 1.15 bits per heavy atom. The summed E-state index contributed by atoms with van der Waals surface area (Å²) in [5.74, 6) is 1.51. The fourth-order valence-electron chi connectivity index (χ4n) is 4.82. The van der Waals surface area contributed by atoms with E-state index in [1.807, 2.05) is 24.8 Å². The van der Waals surface area contributed by atoms with Crippen LogP contribution in [0.3, 0.4) is 0 Å². The lowest BCUT2D eigenvalue weighted by Crippen LogP contribution is -2.47. The Balaban J connectivity index is 1.45. The second-order valence-electron chi connectivity index (χ2n) is 8.55. The lowest BCUT2D eigenvalue weighted by atomic mass is 9.83. The van der Waals surface area contributed by atoms with Crippen LogP contribution in [0.1, 0.15) is 43.5 Å². The third-order valence-corrected chi connectivity index (χ3v) is 6.54. The summed E-state index contributed by atoms with van der Waals surface area (Å²) in [4.78, 5) is 33.8. The fraction of sp³-hybridized carbons (Fsp3) is 0.750. The monoisotopic (exact) mass is 358 g/mol. The first-order valence-corrected chi connectivity index (χ1v) is 10.1. The molecule has 2 bridgehead atoms. The maximum atomic E-state index is 12.9. The van der Waals surface area contributed by atoms with Crippen molar-refractivity contribution in [3.63, 3.8) is 0 Å². The lowest BCUT2D eigenvalue weighted by Gasteiger charge is -2.40. The van der Waals surface area contributed by atoms with Crippen molar-refractivity contribution in [2.24, 2.45) is 11.8 Å². The molecular weight excluding hydrogens is 328 g/mol. The summed E-state index contributed by atoms with van der Waals surface area (Å²) in [6, 6.07) is 2.36. The Bertz CT molecular complexity index is 740. The average Bonchev–Trinajstić information content (AvgIpc) is 2.86. The highest BCUT2D eigenvalue weighted by molar-refractivity contribution is 5.76. The van der Waals surface area contributed by atoms with E-state index in [9.17, 15) is 9.59 Å². The number of aromatic nitrogens is 2. The van der Waals surface area contributed by atoms with E-state index in [2.05, 4.69) is 9.88 Å². The molecule has 0 aromatic carbocycles. The van der Waals surface area contributed by atoms with E-state index in [1.54, 1.807) is 0 Å². The molecule has 1 aromatic rings. The molecule has 3 aliphatic heterocycles. The summed E-state index contributed by atoms with van der Waals surface area (Å²) in [5.41, 5.74) is 1.19. The molecule has 0 unspecified atom stereocenters. The normalized spacial score (nSPS) is 26.6. The topological polar surface area (TPSA) is 58.4 Å². The number of carbonyl (C=O) groups excluding carboxylic acids is 1. The highest BCUT2D eigenvalue weighted by Crippen LogP contribution is 2.33. The zero-order valence-electron chi connectivity index (χ0n) is 16.0. The van der Waals surface area contributed by atoms with Crippen molar-refractivity contribution in [2.45, 2.75) is 58.5 Å². The van der Waals surface area contributed by atoms with Crippen LogP contribution in [0.2, 0.25) is 0 Å². The third kappa shape index (κ3) is 3.56. The predicted molar refractivity (Wildman–Crippen MR) is 100.0 cm³/mol. The number of aryl methyl sites for hydroxylation is 2. The largest absolute Gasteiger partial charge is 0.348 e. The molecule has 1 amide bonds. The Labute approximate surface area is 155 Å². The van der Waals surface area contributed by atoms with E-state index in [-0.39, 0.29) is 18.1 Å². The minimum absolute atomic E-state index is 0.0586. The predicted octanol–water partition coefficient (Wildman–Crippen LogP) is 1.58. The Morgan fingerprint density at radius 2 is 1.96 bits per heavy atom. The molecule has 6 heteroatoms. The molecule has 1 aromatic heterocycles. The number of fused-ring (bicyclic) bond motifs is 4. The van der Waals surface area contributed by atoms with Crippen LogP contribution in [0.5, 0.6) is 0 Å². The molecule has 0 radical (unpaired) electrons. The van der Waals surface area contributed by atoms with Crippen LogP contribution in [0, 0.1) is 25.7 Å². The van der Waals surface area contributed by atoms with Gasteiger partial charge in [0.2, 0.25) is 5.91 Å². The van der Waals surface area contributed by atoms with Crippen LogP contribution in [0.15, 0.2) is 10.9 Å². The summed E-state index contributed by atoms with van der Waals surface area (Å²) in [6.07, 6.45) is 6.56. The second kappa shape index (κ2) is 7.14. The number of hydrogen-bond acceptors (Lipinski definition) is 4. The molecular formula is C20H30N4O2. The lowest BCUT2D eigenvalue weighted by molar-refractivity contribution is -0.132. The highest BCUT2D eigenvalue weighted by Gasteiger charge is 2.37. The van der Waals surface area contributed by atoms with Gasteiger partial charge in [-0.25, -0.2) is 4.79 Å². The van der Waals surface area contributed by atoms with Crippen molar-refractivity contribution < 1.29 is 4.79 Å². The van der Waals surface area contributed by atoms with Crippen LogP contribution in [-0.2, 0) is 11.3 Å². The van der Waals surface area contributed by atoms with E-state index < -0.39 is 0 Å². The van der Waals surface area contributed by atoms with Gasteiger partial charge >= 0.3 is 5.69 Å². The molecule has 6 nitrogen and oxygen atoms in total. The molecule has 3 saturated heterocycles. The van der Waals surface area contributed by atoms with Crippen LogP contribution in [-0.4, -0.2) is 57.5 Å². The summed E-state index contributed by atoms with van der Waals surface area (Å²) in [5, 5.41) is 0. The zero-order chi connectivity index (χ0) is 18.3. The fourth-order valence-corrected chi connectivity index (χ4v) is 4.82. The van der Waals surface area contributed by atoms with Gasteiger partial charge in [0.05, 0.1) is 0 Å². The van der Waals surface area contributed by atoms with Crippen molar-refractivity contribution >= 4 is 5.91 Å². The van der Waals surface area contributed by atoms with Gasteiger partial charge in [-0.05, 0) is 57.4 Å². The first kappa shape index (κ1) is 17.7. The van der Waals surface area contributed by atoms with Gasteiger partial charge in [-0.15, -0.1) is 0 Å². The zero-order valence-corrected chi connectivity index (χ0v) is 16.0. The van der Waals surface area contributed by atoms with Gasteiger partial charge in [-0.2, -0.15) is 4.98 Å². The molecule has 4 fully saturated rings. The summed E-state index contributed by atoms with van der Waals surface area (Å²) in [6.45, 7) is 7.79. The second-order valence-corrected chi connectivity index (χ2v) is 8.55. The SMILES string of the molecule is Cc1cc(C)n(CC(=O)N2C[C@@H]3CC[C@H](C2)N(CC2CCC2)C3)c(=O)n1. The number of carbonyl (C=O) groups is 1. The summed E-state index contributed by atoms with van der Waals surface area (Å²) in [7, 11) is 0. The van der Waals surface area contributed by atoms with Gasteiger partial charge in [-0.3, -0.25) is 14.3 Å². The van der Waals surface area contributed by atoms with Gasteiger partial charge < -0.3 is 4.90 Å². The first-order valence-electron chi connectivity index (χ1n) is 10.1. The maximum absolute atomic E-state index is 12.9. The number of rotatable bonds is 4. The van der Waals surface area contributed by atoms with Crippen molar-refractivity contribution in [1.29, 1.82) is 0 Å². The molecule has 1 aliphatic carbocycles. The Kier molecular flexibility index (Phi) is 4.86. The molecule has 142 valence electrons.